The van der Waals surface area contributed by atoms with E-state index in [9.17, 15) is 9.90 Å². The fraction of sp³-hybridized carbons (Fsp3) is 0.250. The predicted molar refractivity (Wildman–Crippen MR) is 132 cm³/mol. The van der Waals surface area contributed by atoms with E-state index in [1.807, 2.05) is 36.4 Å². The van der Waals surface area contributed by atoms with Gasteiger partial charge in [0.2, 0.25) is 0 Å². The van der Waals surface area contributed by atoms with E-state index in [4.69, 9.17) is 9.15 Å². The van der Waals surface area contributed by atoms with Gasteiger partial charge in [-0.15, -0.1) is 0 Å². The second kappa shape index (κ2) is 11.5. The summed E-state index contributed by atoms with van der Waals surface area (Å²) in [5.74, 6) is 1.08. The highest BCUT2D eigenvalue weighted by atomic mass is 16.5. The van der Waals surface area contributed by atoms with Gasteiger partial charge in [0.15, 0.2) is 5.43 Å². The highest BCUT2D eigenvalue weighted by Gasteiger charge is 2.10. The molecular weight excluding hydrogens is 414 g/mol. The quantitative estimate of drug-likeness (QED) is 0.326. The zero-order valence-electron chi connectivity index (χ0n) is 18.6. The minimum Gasteiger partial charge on any atom is -0.491 e. The molecule has 2 N–H and O–H groups in total. The van der Waals surface area contributed by atoms with Crippen molar-refractivity contribution in [2.45, 2.75) is 25.4 Å². The van der Waals surface area contributed by atoms with Crippen LogP contribution in [0.25, 0.3) is 22.3 Å². The number of rotatable bonds is 11. The third-order valence-corrected chi connectivity index (χ3v) is 5.53. The second-order valence-corrected chi connectivity index (χ2v) is 8.09. The van der Waals surface area contributed by atoms with Crippen LogP contribution in [0.5, 0.6) is 5.75 Å². The second-order valence-electron chi connectivity index (χ2n) is 8.09. The van der Waals surface area contributed by atoms with E-state index in [1.165, 1.54) is 11.6 Å². The molecule has 5 nitrogen and oxygen atoms in total. The van der Waals surface area contributed by atoms with E-state index in [2.05, 4.69) is 29.6 Å². The van der Waals surface area contributed by atoms with Crippen molar-refractivity contribution in [3.05, 3.63) is 101 Å². The summed E-state index contributed by atoms with van der Waals surface area (Å²) in [4.78, 5) is 12.5. The van der Waals surface area contributed by atoms with E-state index in [-0.39, 0.29) is 12.0 Å². The number of hydrogen-bond acceptors (Lipinski definition) is 5. The van der Waals surface area contributed by atoms with Gasteiger partial charge in [0.1, 0.15) is 23.7 Å². The van der Waals surface area contributed by atoms with Gasteiger partial charge in [-0.25, -0.2) is 0 Å². The van der Waals surface area contributed by atoms with Gasteiger partial charge in [-0.2, -0.15) is 0 Å². The normalized spacial score (nSPS) is 12.0. The Balaban J connectivity index is 1.25. The van der Waals surface area contributed by atoms with Gasteiger partial charge >= 0.3 is 0 Å². The van der Waals surface area contributed by atoms with Crippen LogP contribution in [0.4, 0.5) is 0 Å². The van der Waals surface area contributed by atoms with Crippen molar-refractivity contribution >= 4 is 11.0 Å². The smallest absolute Gasteiger partial charge is 0.193 e. The molecule has 4 aromatic rings. The minimum atomic E-state index is -0.556. The minimum absolute atomic E-state index is 0.0959. The van der Waals surface area contributed by atoms with Gasteiger partial charge < -0.3 is 19.6 Å². The maximum absolute atomic E-state index is 12.5. The van der Waals surface area contributed by atoms with Crippen molar-refractivity contribution in [1.29, 1.82) is 0 Å². The molecule has 5 heteroatoms. The van der Waals surface area contributed by atoms with Crippen molar-refractivity contribution in [2.75, 3.05) is 19.7 Å². The molecule has 0 radical (unpaired) electrons. The molecule has 0 aliphatic carbocycles. The molecule has 4 rings (SSSR count). The molecule has 0 aliphatic rings. The standard InChI is InChI=1S/C28H29NO4/c30-23(12-7-16-29-17-15-21-8-3-1-4-9-21)20-32-24-13-14-25-26(31)19-27(33-28(25)18-24)22-10-5-2-6-11-22/h1-6,8-11,13-14,18-19,23,29-30H,7,12,15-17,20H2. The van der Waals surface area contributed by atoms with E-state index in [0.29, 0.717) is 28.9 Å². The molecule has 0 aliphatic heterocycles. The number of benzene rings is 3. The van der Waals surface area contributed by atoms with Crippen LogP contribution < -0.4 is 15.5 Å². The van der Waals surface area contributed by atoms with Gasteiger partial charge in [0.25, 0.3) is 0 Å². The van der Waals surface area contributed by atoms with E-state index in [1.54, 1.807) is 18.2 Å². The van der Waals surface area contributed by atoms with Gasteiger partial charge in [-0.1, -0.05) is 60.7 Å². The Hall–Kier alpha value is -3.41. The first-order chi connectivity index (χ1) is 16.2. The van der Waals surface area contributed by atoms with Crippen LogP contribution in [-0.4, -0.2) is 30.9 Å². The lowest BCUT2D eigenvalue weighted by molar-refractivity contribution is 0.0982. The SMILES string of the molecule is O=c1cc(-c2ccccc2)oc2cc(OCC(O)CCCNCCc3ccccc3)ccc12. The topological polar surface area (TPSA) is 71.7 Å². The summed E-state index contributed by atoms with van der Waals surface area (Å²) in [6, 6.07) is 26.6. The summed E-state index contributed by atoms with van der Waals surface area (Å²) >= 11 is 0. The maximum atomic E-state index is 12.5. The molecule has 0 saturated heterocycles. The van der Waals surface area contributed by atoms with Crippen LogP contribution in [0, 0.1) is 0 Å². The number of aliphatic hydroxyl groups excluding tert-OH is 1. The van der Waals surface area contributed by atoms with Crippen molar-refractivity contribution in [1.82, 2.24) is 5.32 Å². The summed E-state index contributed by atoms with van der Waals surface area (Å²) < 4.78 is 11.7. The van der Waals surface area contributed by atoms with Crippen molar-refractivity contribution < 1.29 is 14.3 Å². The third-order valence-electron chi connectivity index (χ3n) is 5.53. The summed E-state index contributed by atoms with van der Waals surface area (Å²) in [5.41, 5.74) is 2.54. The first-order valence-electron chi connectivity index (χ1n) is 11.4. The summed E-state index contributed by atoms with van der Waals surface area (Å²) in [7, 11) is 0. The third kappa shape index (κ3) is 6.54. The lowest BCUT2D eigenvalue weighted by atomic mass is 10.1. The molecule has 1 unspecified atom stereocenters. The molecule has 1 aromatic heterocycles. The van der Waals surface area contributed by atoms with Crippen LogP contribution in [0.1, 0.15) is 18.4 Å². The average Bonchev–Trinajstić information content (AvgIpc) is 2.86. The van der Waals surface area contributed by atoms with Crippen LogP contribution in [-0.2, 0) is 6.42 Å². The lowest BCUT2D eigenvalue weighted by Gasteiger charge is -2.13. The fourth-order valence-corrected chi connectivity index (χ4v) is 3.71. The lowest BCUT2D eigenvalue weighted by Crippen LogP contribution is -2.22. The van der Waals surface area contributed by atoms with Gasteiger partial charge in [0.05, 0.1) is 11.5 Å². The van der Waals surface area contributed by atoms with E-state index >= 15 is 0 Å². The molecule has 170 valence electrons. The zero-order valence-corrected chi connectivity index (χ0v) is 18.6. The number of aliphatic hydroxyl groups is 1. The number of fused-ring (bicyclic) bond motifs is 1. The highest BCUT2D eigenvalue weighted by molar-refractivity contribution is 5.80. The molecule has 0 amide bonds. The first kappa shape index (κ1) is 22.8. The monoisotopic (exact) mass is 443 g/mol. The van der Waals surface area contributed by atoms with Crippen molar-refractivity contribution in [3.8, 4) is 17.1 Å². The van der Waals surface area contributed by atoms with Crippen molar-refractivity contribution in [3.63, 3.8) is 0 Å². The Morgan fingerprint density at radius 2 is 1.67 bits per heavy atom. The molecule has 0 bridgehead atoms. The number of ether oxygens (including phenoxy) is 1. The molecule has 3 aromatic carbocycles. The van der Waals surface area contributed by atoms with E-state index < -0.39 is 6.10 Å². The zero-order chi connectivity index (χ0) is 22.9. The molecule has 1 heterocycles. The first-order valence-corrected chi connectivity index (χ1v) is 11.4. The molecule has 0 spiro atoms. The van der Waals surface area contributed by atoms with Crippen molar-refractivity contribution in [2.24, 2.45) is 0 Å². The van der Waals surface area contributed by atoms with Crippen LogP contribution >= 0.6 is 0 Å². The Morgan fingerprint density at radius 3 is 2.45 bits per heavy atom. The predicted octanol–water partition coefficient (Wildman–Crippen LogP) is 4.81. The van der Waals surface area contributed by atoms with Gasteiger partial charge in [-0.05, 0) is 50.0 Å². The van der Waals surface area contributed by atoms with E-state index in [0.717, 1.165) is 31.5 Å². The largest absolute Gasteiger partial charge is 0.491 e. The fourth-order valence-electron chi connectivity index (χ4n) is 3.71. The molecule has 33 heavy (non-hydrogen) atoms. The average molecular weight is 444 g/mol. The van der Waals surface area contributed by atoms with Crippen LogP contribution in [0.2, 0.25) is 0 Å². The Bertz CT molecular complexity index is 1200. The Kier molecular flexibility index (Phi) is 7.90. The summed E-state index contributed by atoms with van der Waals surface area (Å²) in [6.45, 7) is 1.97. The highest BCUT2D eigenvalue weighted by Crippen LogP contribution is 2.25. The number of nitrogens with one attached hydrogen (secondary N) is 1. The summed E-state index contributed by atoms with van der Waals surface area (Å²) in [5, 5.41) is 14.2. The number of hydrogen-bond donors (Lipinski definition) is 2. The Morgan fingerprint density at radius 1 is 0.909 bits per heavy atom. The van der Waals surface area contributed by atoms with Crippen LogP contribution in [0.15, 0.2) is 94.1 Å². The Labute approximate surface area is 193 Å². The molecule has 0 fully saturated rings. The molecule has 1 atom stereocenters. The maximum Gasteiger partial charge on any atom is 0.193 e. The molecular formula is C28H29NO4. The van der Waals surface area contributed by atoms with Gasteiger partial charge in [0, 0.05) is 17.7 Å². The van der Waals surface area contributed by atoms with Gasteiger partial charge in [-0.3, -0.25) is 4.79 Å². The summed E-state index contributed by atoms with van der Waals surface area (Å²) in [6.07, 6.45) is 1.96. The molecule has 0 saturated carbocycles. The van der Waals surface area contributed by atoms with Crippen LogP contribution in [0.3, 0.4) is 0 Å².